The van der Waals surface area contributed by atoms with Crippen LogP contribution >= 0.6 is 0 Å². The molecule has 1 aromatic rings. The minimum absolute atomic E-state index is 0.180. The van der Waals surface area contributed by atoms with E-state index < -0.39 is 26.5 Å². The average Bonchev–Trinajstić information content (AvgIpc) is 2.87. The van der Waals surface area contributed by atoms with Gasteiger partial charge in [0, 0.05) is 19.6 Å². The highest BCUT2D eigenvalue weighted by Crippen LogP contribution is 2.37. The lowest BCUT2D eigenvalue weighted by atomic mass is 9.93. The van der Waals surface area contributed by atoms with Gasteiger partial charge in [-0.25, -0.2) is 12.8 Å². The summed E-state index contributed by atoms with van der Waals surface area (Å²) in [7, 11) is -3.44. The molecule has 20 heavy (non-hydrogen) atoms. The van der Waals surface area contributed by atoms with Gasteiger partial charge in [-0.3, -0.25) is 0 Å². The first-order chi connectivity index (χ1) is 9.52. The second-order valence-corrected chi connectivity index (χ2v) is 7.68. The molecule has 110 valence electrons. The summed E-state index contributed by atoms with van der Waals surface area (Å²) in [5, 5.41) is -0.483. The van der Waals surface area contributed by atoms with Crippen LogP contribution in [0.4, 0.5) is 4.39 Å². The zero-order chi connectivity index (χ0) is 14.2. The lowest BCUT2D eigenvalue weighted by molar-refractivity contribution is -0.0778. The molecule has 2 aliphatic heterocycles. The van der Waals surface area contributed by atoms with E-state index in [1.54, 1.807) is 0 Å². The number of benzene rings is 1. The normalized spacial score (nSPS) is 30.8. The molecular formula is C14H17FO4S. The van der Waals surface area contributed by atoms with E-state index in [4.69, 9.17) is 9.47 Å². The SMILES string of the molecule is O=S(=O)(c1ccc(F)cc1)C1CCOC2(CCOC2)C1. The highest BCUT2D eigenvalue weighted by Gasteiger charge is 2.45. The molecule has 0 aromatic heterocycles. The summed E-state index contributed by atoms with van der Waals surface area (Å²) in [6, 6.07) is 5.03. The van der Waals surface area contributed by atoms with Gasteiger partial charge in [0.15, 0.2) is 9.84 Å². The topological polar surface area (TPSA) is 52.6 Å². The first-order valence-corrected chi connectivity index (χ1v) is 8.28. The molecule has 1 aromatic carbocycles. The Morgan fingerprint density at radius 1 is 1.20 bits per heavy atom. The third-order valence-corrected chi connectivity index (χ3v) is 6.31. The van der Waals surface area contributed by atoms with Crippen LogP contribution in [0.2, 0.25) is 0 Å². The van der Waals surface area contributed by atoms with Gasteiger partial charge in [0.25, 0.3) is 0 Å². The van der Waals surface area contributed by atoms with Gasteiger partial charge in [-0.1, -0.05) is 0 Å². The van der Waals surface area contributed by atoms with Crippen molar-refractivity contribution in [2.45, 2.75) is 35.0 Å². The van der Waals surface area contributed by atoms with Gasteiger partial charge >= 0.3 is 0 Å². The van der Waals surface area contributed by atoms with Crippen LogP contribution in [-0.4, -0.2) is 39.1 Å². The smallest absolute Gasteiger partial charge is 0.181 e. The minimum atomic E-state index is -3.44. The van der Waals surface area contributed by atoms with Crippen molar-refractivity contribution in [1.29, 1.82) is 0 Å². The predicted octanol–water partition coefficient (Wildman–Crippen LogP) is 1.94. The van der Waals surface area contributed by atoms with Gasteiger partial charge in [-0.15, -0.1) is 0 Å². The van der Waals surface area contributed by atoms with Crippen molar-refractivity contribution in [2.75, 3.05) is 19.8 Å². The number of rotatable bonds is 2. The van der Waals surface area contributed by atoms with E-state index >= 15 is 0 Å². The Bertz CT molecular complexity index is 576. The molecule has 3 rings (SSSR count). The molecule has 2 atom stereocenters. The van der Waals surface area contributed by atoms with Crippen molar-refractivity contribution < 1.29 is 22.3 Å². The highest BCUT2D eigenvalue weighted by molar-refractivity contribution is 7.92. The number of ether oxygens (including phenoxy) is 2. The third kappa shape index (κ3) is 2.47. The molecule has 2 unspecified atom stereocenters. The molecule has 1 spiro atoms. The molecule has 0 radical (unpaired) electrons. The Labute approximate surface area is 117 Å². The summed E-state index contributed by atoms with van der Waals surface area (Å²) in [6.07, 6.45) is 1.66. The third-order valence-electron chi connectivity index (χ3n) is 4.10. The van der Waals surface area contributed by atoms with Crippen molar-refractivity contribution >= 4 is 9.84 Å². The maximum absolute atomic E-state index is 12.9. The number of hydrogen-bond acceptors (Lipinski definition) is 4. The minimum Gasteiger partial charge on any atom is -0.378 e. The lowest BCUT2D eigenvalue weighted by Gasteiger charge is -2.36. The summed E-state index contributed by atoms with van der Waals surface area (Å²) in [5.41, 5.74) is -0.448. The fourth-order valence-electron chi connectivity index (χ4n) is 2.93. The summed E-state index contributed by atoms with van der Waals surface area (Å²) in [4.78, 5) is 0.180. The number of sulfone groups is 1. The van der Waals surface area contributed by atoms with E-state index in [0.29, 0.717) is 32.7 Å². The van der Waals surface area contributed by atoms with Crippen LogP contribution in [0.5, 0.6) is 0 Å². The summed E-state index contributed by atoms with van der Waals surface area (Å²) in [5.74, 6) is -0.434. The zero-order valence-corrected chi connectivity index (χ0v) is 11.9. The standard InChI is InChI=1S/C14H17FO4S/c15-11-1-3-12(4-2-11)20(16,17)13-5-7-19-14(9-13)6-8-18-10-14/h1-4,13H,5-10H2. The van der Waals surface area contributed by atoms with Gasteiger partial charge in [0.05, 0.1) is 22.4 Å². The Kier molecular flexibility index (Phi) is 3.56. The quantitative estimate of drug-likeness (QED) is 0.783. The molecule has 0 bridgehead atoms. The van der Waals surface area contributed by atoms with Crippen LogP contribution in [0, 0.1) is 5.82 Å². The van der Waals surface area contributed by atoms with Crippen LogP contribution in [0.25, 0.3) is 0 Å². The van der Waals surface area contributed by atoms with Crippen LogP contribution in [-0.2, 0) is 19.3 Å². The molecule has 2 saturated heterocycles. The molecule has 2 aliphatic rings. The Morgan fingerprint density at radius 2 is 1.95 bits per heavy atom. The molecule has 0 saturated carbocycles. The van der Waals surface area contributed by atoms with Gasteiger partial charge in [-0.2, -0.15) is 0 Å². The monoisotopic (exact) mass is 300 g/mol. The second kappa shape index (κ2) is 5.09. The van der Waals surface area contributed by atoms with E-state index in [1.807, 2.05) is 0 Å². The van der Waals surface area contributed by atoms with Crippen molar-refractivity contribution in [3.05, 3.63) is 30.1 Å². The highest BCUT2D eigenvalue weighted by atomic mass is 32.2. The summed E-state index contributed by atoms with van der Waals surface area (Å²) < 4.78 is 49.3. The maximum Gasteiger partial charge on any atom is 0.181 e. The van der Waals surface area contributed by atoms with Gasteiger partial charge < -0.3 is 9.47 Å². The lowest BCUT2D eigenvalue weighted by Crippen LogP contribution is -2.45. The van der Waals surface area contributed by atoms with Crippen LogP contribution < -0.4 is 0 Å². The molecule has 4 nitrogen and oxygen atoms in total. The van der Waals surface area contributed by atoms with Gasteiger partial charge in [0.1, 0.15) is 5.82 Å². The van der Waals surface area contributed by atoms with Gasteiger partial charge in [-0.05, 0) is 37.1 Å². The first kappa shape index (κ1) is 14.0. The van der Waals surface area contributed by atoms with E-state index in [2.05, 4.69) is 0 Å². The number of hydrogen-bond donors (Lipinski definition) is 0. The van der Waals surface area contributed by atoms with Crippen LogP contribution in [0.15, 0.2) is 29.2 Å². The molecule has 0 N–H and O–H groups in total. The molecular weight excluding hydrogens is 283 g/mol. The van der Waals surface area contributed by atoms with Crippen molar-refractivity contribution in [3.8, 4) is 0 Å². The first-order valence-electron chi connectivity index (χ1n) is 6.73. The van der Waals surface area contributed by atoms with Gasteiger partial charge in [0.2, 0.25) is 0 Å². The van der Waals surface area contributed by atoms with E-state index in [9.17, 15) is 12.8 Å². The van der Waals surface area contributed by atoms with E-state index in [1.165, 1.54) is 24.3 Å². The van der Waals surface area contributed by atoms with E-state index in [-0.39, 0.29) is 4.90 Å². The number of halogens is 1. The van der Waals surface area contributed by atoms with Crippen molar-refractivity contribution in [1.82, 2.24) is 0 Å². The largest absolute Gasteiger partial charge is 0.378 e. The van der Waals surface area contributed by atoms with Crippen molar-refractivity contribution in [2.24, 2.45) is 0 Å². The molecule has 2 heterocycles. The second-order valence-electron chi connectivity index (χ2n) is 5.45. The molecule has 0 amide bonds. The fourth-order valence-corrected chi connectivity index (χ4v) is 4.76. The summed E-state index contributed by atoms with van der Waals surface area (Å²) in [6.45, 7) is 1.50. The Balaban J connectivity index is 1.85. The fraction of sp³-hybridized carbons (Fsp3) is 0.571. The molecule has 6 heteroatoms. The predicted molar refractivity (Wildman–Crippen MR) is 70.7 cm³/mol. The maximum atomic E-state index is 12.9. The molecule has 0 aliphatic carbocycles. The van der Waals surface area contributed by atoms with E-state index in [0.717, 1.165) is 6.42 Å². The average molecular weight is 300 g/mol. The molecule has 2 fully saturated rings. The van der Waals surface area contributed by atoms with Crippen molar-refractivity contribution in [3.63, 3.8) is 0 Å². The Hall–Kier alpha value is -0.980. The summed E-state index contributed by atoms with van der Waals surface area (Å²) >= 11 is 0. The Morgan fingerprint density at radius 3 is 2.60 bits per heavy atom. The zero-order valence-electron chi connectivity index (χ0n) is 11.0. The van der Waals surface area contributed by atoms with Crippen LogP contribution in [0.3, 0.4) is 0 Å². The van der Waals surface area contributed by atoms with Crippen LogP contribution in [0.1, 0.15) is 19.3 Å².